The van der Waals surface area contributed by atoms with Gasteiger partial charge in [0, 0.05) is 6.54 Å². The molecule has 2 rings (SSSR count). The lowest BCUT2D eigenvalue weighted by Gasteiger charge is -2.26. The van der Waals surface area contributed by atoms with E-state index in [0.717, 1.165) is 13.0 Å². The average Bonchev–Trinajstić information content (AvgIpc) is 2.49. The topological polar surface area (TPSA) is 83.0 Å². The van der Waals surface area contributed by atoms with Crippen LogP contribution in [0.5, 0.6) is 5.75 Å². The van der Waals surface area contributed by atoms with Gasteiger partial charge in [0.15, 0.2) is 0 Å². The van der Waals surface area contributed by atoms with Crippen molar-refractivity contribution >= 4 is 16.0 Å². The monoisotopic (exact) mass is 312 g/mol. The highest BCUT2D eigenvalue weighted by Gasteiger charge is 2.19. The van der Waals surface area contributed by atoms with Gasteiger partial charge in [0.1, 0.15) is 5.75 Å². The minimum absolute atomic E-state index is 0.170. The molecule has 8 heteroatoms. The minimum Gasteiger partial charge on any atom is -0.497 e. The molecule has 0 amide bonds. The van der Waals surface area contributed by atoms with Crippen molar-refractivity contribution in [2.45, 2.75) is 18.2 Å². The Labute approximate surface area is 125 Å². The number of nitrogens with one attached hydrogen (secondary N) is 2. The maximum absolute atomic E-state index is 12.2. The summed E-state index contributed by atoms with van der Waals surface area (Å²) in [5, 5.41) is 2.96. The molecule has 0 aliphatic carbocycles. The summed E-state index contributed by atoms with van der Waals surface area (Å²) in [6.07, 6.45) is 1.03. The van der Waals surface area contributed by atoms with Gasteiger partial charge >= 0.3 is 0 Å². The molecular formula is C13H20N4O3S. The molecule has 1 aliphatic heterocycles. The molecule has 0 saturated heterocycles. The van der Waals surface area contributed by atoms with Crippen LogP contribution < -0.4 is 14.8 Å². The summed E-state index contributed by atoms with van der Waals surface area (Å²) in [6.45, 7) is 4.08. The van der Waals surface area contributed by atoms with Crippen molar-refractivity contribution in [2.24, 2.45) is 4.99 Å². The second kappa shape index (κ2) is 6.77. The number of sulfonamides is 1. The van der Waals surface area contributed by atoms with Gasteiger partial charge in [-0.2, -0.15) is 0 Å². The third kappa shape index (κ3) is 4.08. The molecule has 0 radical (unpaired) electrons. The summed E-state index contributed by atoms with van der Waals surface area (Å²) in [6, 6.07) is 6.20. The van der Waals surface area contributed by atoms with Crippen LogP contribution in [0.2, 0.25) is 0 Å². The summed E-state index contributed by atoms with van der Waals surface area (Å²) in [5.74, 6) is 0.885. The molecule has 0 saturated carbocycles. The molecule has 0 spiro atoms. The standard InChI is InChI=1S/C13H20N4O3S/c1-3-8-17-9-14-13(15-10-17)16-21(18,19)12-6-4-11(20-2)5-7-12/h4-7H,3,8-10H2,1-2H3,(H2,14,15,16). The fraction of sp³-hybridized carbons (Fsp3) is 0.462. The number of aliphatic imine (C=N–C) groups is 1. The Morgan fingerprint density at radius 2 is 2.10 bits per heavy atom. The maximum atomic E-state index is 12.2. The van der Waals surface area contributed by atoms with E-state index in [1.807, 2.05) is 0 Å². The first-order chi connectivity index (χ1) is 10.0. The van der Waals surface area contributed by atoms with Gasteiger partial charge in [-0.05, 0) is 30.7 Å². The molecule has 1 aliphatic rings. The summed E-state index contributed by atoms with van der Waals surface area (Å²) in [4.78, 5) is 6.45. The van der Waals surface area contributed by atoms with Crippen molar-refractivity contribution in [1.82, 2.24) is 14.9 Å². The third-order valence-electron chi connectivity index (χ3n) is 3.04. The quantitative estimate of drug-likeness (QED) is 0.830. The molecule has 0 unspecified atom stereocenters. The molecule has 0 aromatic heterocycles. The number of hydrogen-bond donors (Lipinski definition) is 2. The largest absolute Gasteiger partial charge is 0.497 e. The van der Waals surface area contributed by atoms with Gasteiger partial charge in [-0.1, -0.05) is 6.92 Å². The molecule has 1 aromatic rings. The highest BCUT2D eigenvalue weighted by atomic mass is 32.2. The molecule has 1 heterocycles. The fourth-order valence-corrected chi connectivity index (χ4v) is 2.94. The normalized spacial score (nSPS) is 16.0. The molecular weight excluding hydrogens is 292 g/mol. The Bertz CT molecular complexity index is 598. The zero-order valence-electron chi connectivity index (χ0n) is 12.2. The molecule has 0 bridgehead atoms. The predicted octanol–water partition coefficient (Wildman–Crippen LogP) is 0.560. The van der Waals surface area contributed by atoms with E-state index in [-0.39, 0.29) is 10.9 Å². The average molecular weight is 312 g/mol. The van der Waals surface area contributed by atoms with Crippen LogP contribution >= 0.6 is 0 Å². The zero-order valence-corrected chi connectivity index (χ0v) is 13.0. The number of rotatable bonds is 5. The number of ether oxygens (including phenoxy) is 1. The van der Waals surface area contributed by atoms with Gasteiger partial charge in [-0.15, -0.1) is 0 Å². The number of methoxy groups -OCH3 is 1. The Morgan fingerprint density at radius 1 is 1.38 bits per heavy atom. The Morgan fingerprint density at radius 3 is 2.62 bits per heavy atom. The van der Waals surface area contributed by atoms with E-state index in [2.05, 4.69) is 26.9 Å². The molecule has 1 aromatic carbocycles. The third-order valence-corrected chi connectivity index (χ3v) is 4.39. The lowest BCUT2D eigenvalue weighted by atomic mass is 10.3. The van der Waals surface area contributed by atoms with Gasteiger partial charge in [-0.25, -0.2) is 18.1 Å². The van der Waals surface area contributed by atoms with Gasteiger partial charge in [0.25, 0.3) is 10.0 Å². The summed E-state index contributed by atoms with van der Waals surface area (Å²) >= 11 is 0. The lowest BCUT2D eigenvalue weighted by molar-refractivity contribution is 0.264. The van der Waals surface area contributed by atoms with Crippen molar-refractivity contribution in [3.05, 3.63) is 24.3 Å². The maximum Gasteiger partial charge on any atom is 0.264 e. The van der Waals surface area contributed by atoms with Gasteiger partial charge in [-0.3, -0.25) is 4.90 Å². The van der Waals surface area contributed by atoms with Crippen LogP contribution in [0, 0.1) is 0 Å². The fourth-order valence-electron chi connectivity index (χ4n) is 1.94. The Kier molecular flexibility index (Phi) is 5.03. The minimum atomic E-state index is -3.63. The van der Waals surface area contributed by atoms with Crippen LogP contribution in [0.4, 0.5) is 0 Å². The van der Waals surface area contributed by atoms with E-state index in [0.29, 0.717) is 19.1 Å². The number of hydrogen-bond acceptors (Lipinski definition) is 6. The van der Waals surface area contributed by atoms with E-state index in [1.165, 1.54) is 19.2 Å². The number of nitrogens with zero attached hydrogens (tertiary/aromatic N) is 2. The molecule has 2 N–H and O–H groups in total. The second-order valence-corrected chi connectivity index (χ2v) is 6.34. The van der Waals surface area contributed by atoms with Crippen molar-refractivity contribution < 1.29 is 13.2 Å². The van der Waals surface area contributed by atoms with Crippen LogP contribution in [-0.2, 0) is 10.0 Å². The van der Waals surface area contributed by atoms with Gasteiger partial charge in [0.2, 0.25) is 5.96 Å². The highest BCUT2D eigenvalue weighted by molar-refractivity contribution is 7.90. The Hall–Kier alpha value is -1.80. The second-order valence-electron chi connectivity index (χ2n) is 4.66. The first-order valence-corrected chi connectivity index (χ1v) is 8.21. The summed E-state index contributed by atoms with van der Waals surface area (Å²) in [7, 11) is -2.10. The van der Waals surface area contributed by atoms with Crippen LogP contribution in [0.1, 0.15) is 13.3 Å². The van der Waals surface area contributed by atoms with Crippen molar-refractivity contribution in [1.29, 1.82) is 0 Å². The van der Waals surface area contributed by atoms with E-state index in [1.54, 1.807) is 12.1 Å². The van der Waals surface area contributed by atoms with Gasteiger partial charge in [0.05, 0.1) is 25.3 Å². The number of guanidine groups is 1. The van der Waals surface area contributed by atoms with E-state index >= 15 is 0 Å². The smallest absolute Gasteiger partial charge is 0.264 e. The molecule has 0 atom stereocenters. The summed E-state index contributed by atoms with van der Waals surface area (Å²) in [5.41, 5.74) is 0. The van der Waals surface area contributed by atoms with Crippen molar-refractivity contribution in [2.75, 3.05) is 27.0 Å². The first kappa shape index (κ1) is 15.6. The van der Waals surface area contributed by atoms with Crippen molar-refractivity contribution in [3.8, 4) is 5.75 Å². The van der Waals surface area contributed by atoms with Gasteiger partial charge < -0.3 is 10.1 Å². The van der Waals surface area contributed by atoms with E-state index < -0.39 is 10.0 Å². The zero-order chi connectivity index (χ0) is 15.3. The molecule has 0 fully saturated rings. The van der Waals surface area contributed by atoms with Crippen LogP contribution in [0.25, 0.3) is 0 Å². The molecule has 21 heavy (non-hydrogen) atoms. The van der Waals surface area contributed by atoms with E-state index in [9.17, 15) is 8.42 Å². The van der Waals surface area contributed by atoms with Crippen LogP contribution in [-0.4, -0.2) is 46.3 Å². The molecule has 116 valence electrons. The van der Waals surface area contributed by atoms with Crippen molar-refractivity contribution in [3.63, 3.8) is 0 Å². The predicted molar refractivity (Wildman–Crippen MR) is 80.6 cm³/mol. The van der Waals surface area contributed by atoms with Crippen LogP contribution in [0.3, 0.4) is 0 Å². The summed E-state index contributed by atoms with van der Waals surface area (Å²) < 4.78 is 31.9. The Balaban J connectivity index is 2.04. The van der Waals surface area contributed by atoms with E-state index in [4.69, 9.17) is 4.74 Å². The highest BCUT2D eigenvalue weighted by Crippen LogP contribution is 2.15. The molecule has 7 nitrogen and oxygen atoms in total. The first-order valence-electron chi connectivity index (χ1n) is 6.72. The van der Waals surface area contributed by atoms with Crippen LogP contribution in [0.15, 0.2) is 34.2 Å². The SMILES string of the molecule is CCCN1CN=C(NS(=O)(=O)c2ccc(OC)cc2)NC1. The lowest BCUT2D eigenvalue weighted by Crippen LogP contribution is -2.50. The number of benzene rings is 1.